The van der Waals surface area contributed by atoms with E-state index in [2.05, 4.69) is 220 Å². The van der Waals surface area contributed by atoms with E-state index in [1.54, 1.807) is 0 Å². The Morgan fingerprint density at radius 1 is 0.535 bits per heavy atom. The number of nitrogens with zero attached hydrogens (tertiary/aromatic N) is 4. The Labute approximate surface area is 420 Å². The quantitative estimate of drug-likeness (QED) is 0.143. The number of allylic oxidation sites excluding steroid dienone is 8. The highest BCUT2D eigenvalue weighted by Gasteiger charge is 2.33. The minimum absolute atomic E-state index is 0.213. The molecule has 0 radical (unpaired) electrons. The van der Waals surface area contributed by atoms with Gasteiger partial charge in [-0.05, 0) is 159 Å². The number of hydrogen-bond acceptors (Lipinski definition) is 4. The first-order chi connectivity index (χ1) is 34.8. The van der Waals surface area contributed by atoms with E-state index in [4.69, 9.17) is 15.0 Å². The minimum Gasteiger partial charge on any atom is -0.309 e. The van der Waals surface area contributed by atoms with E-state index in [-0.39, 0.29) is 5.41 Å². The molecule has 6 aromatic carbocycles. The summed E-state index contributed by atoms with van der Waals surface area (Å²) < 4.78 is 5.02. The van der Waals surface area contributed by atoms with Gasteiger partial charge < -0.3 is 4.57 Å². The molecule has 0 saturated heterocycles. The highest BCUT2D eigenvalue weighted by atomic mass is 32.1. The summed E-state index contributed by atoms with van der Waals surface area (Å²) in [7, 11) is 0. The van der Waals surface area contributed by atoms with Crippen LogP contribution in [0.25, 0.3) is 98.0 Å². The summed E-state index contributed by atoms with van der Waals surface area (Å²) in [5, 5.41) is 4.94. The average molecular weight is 935 g/mol. The Morgan fingerprint density at radius 3 is 1.58 bits per heavy atom. The zero-order valence-electron chi connectivity index (χ0n) is 40.8. The lowest BCUT2D eigenvalue weighted by molar-refractivity contribution is 0.619. The molecule has 1 aliphatic carbocycles. The van der Waals surface area contributed by atoms with E-state index in [1.807, 2.05) is 55.1 Å². The molecule has 5 aromatic heterocycles. The molecule has 344 valence electrons. The number of hydrogen-bond donors (Lipinski definition) is 0. The van der Waals surface area contributed by atoms with E-state index in [9.17, 15) is 0 Å². The van der Waals surface area contributed by atoms with Gasteiger partial charge in [-0.25, -0.2) is 0 Å². The van der Waals surface area contributed by atoms with Crippen LogP contribution in [0, 0.1) is 0 Å². The molecule has 1 aliphatic rings. The lowest BCUT2D eigenvalue weighted by Gasteiger charge is -2.34. The van der Waals surface area contributed by atoms with Crippen LogP contribution in [0.5, 0.6) is 0 Å². The van der Waals surface area contributed by atoms with Gasteiger partial charge in [-0.1, -0.05) is 133 Å². The fourth-order valence-corrected chi connectivity index (χ4v) is 11.3. The number of thiophene rings is 1. The van der Waals surface area contributed by atoms with Crippen molar-refractivity contribution in [2.75, 3.05) is 0 Å². The second kappa shape index (κ2) is 19.3. The van der Waals surface area contributed by atoms with Crippen LogP contribution >= 0.6 is 11.3 Å². The van der Waals surface area contributed by atoms with Gasteiger partial charge in [0.15, 0.2) is 0 Å². The van der Waals surface area contributed by atoms with E-state index < -0.39 is 0 Å². The van der Waals surface area contributed by atoms with Crippen LogP contribution in [-0.2, 0) is 5.41 Å². The van der Waals surface area contributed by atoms with Crippen LogP contribution in [0.3, 0.4) is 0 Å². The Bertz CT molecular complexity index is 3750. The van der Waals surface area contributed by atoms with Gasteiger partial charge >= 0.3 is 0 Å². The van der Waals surface area contributed by atoms with Crippen molar-refractivity contribution < 1.29 is 0 Å². The molecule has 1 atom stereocenters. The molecule has 0 saturated carbocycles. The second-order valence-electron chi connectivity index (χ2n) is 18.8. The van der Waals surface area contributed by atoms with E-state index >= 15 is 0 Å². The minimum atomic E-state index is -0.213. The van der Waals surface area contributed by atoms with Crippen molar-refractivity contribution in [2.45, 2.75) is 46.5 Å². The Kier molecular flexibility index (Phi) is 12.3. The molecule has 0 amide bonds. The van der Waals surface area contributed by atoms with Crippen LogP contribution in [-0.4, -0.2) is 19.5 Å². The first-order valence-electron chi connectivity index (χ1n) is 24.4. The van der Waals surface area contributed by atoms with Crippen LogP contribution in [0.2, 0.25) is 0 Å². The molecular weight excluding hydrogens is 881 g/mol. The number of rotatable bonds is 8. The number of fused-ring (bicyclic) bond motifs is 6. The van der Waals surface area contributed by atoms with Crippen molar-refractivity contribution in [1.29, 1.82) is 0 Å². The highest BCUT2D eigenvalue weighted by molar-refractivity contribution is 7.25. The van der Waals surface area contributed by atoms with Gasteiger partial charge in [-0.3, -0.25) is 15.0 Å². The monoisotopic (exact) mass is 934 g/mol. The summed E-state index contributed by atoms with van der Waals surface area (Å²) in [5.41, 5.74) is 18.3. The molecule has 11 aromatic rings. The highest BCUT2D eigenvalue weighted by Crippen LogP contribution is 2.47. The van der Waals surface area contributed by atoms with Crippen LogP contribution in [0.15, 0.2) is 236 Å². The standard InChI is InChI=1S/C58H40N4S.C8H14/c1-58(30-10-6-18-50(58)53-21-9-13-33-61-53)40-24-28-56-48(36-40)49-37-41(25-29-57(49)63-56)62-54-26-22-38(42-14-2-4-16-44(42)51-19-7-11-31-59-51)34-46(54)47-35-39(23-27-55(47)62)43-15-3-5-17-45(43)52-20-8-12-32-60-52;1-5-6-8(4)7(2)3/h2-29,31-37H,30H2,1H3;5-6H,1-4H3/b;6-5-. The largest absolute Gasteiger partial charge is 0.309 e. The lowest BCUT2D eigenvalue weighted by atomic mass is 9.70. The predicted octanol–water partition coefficient (Wildman–Crippen LogP) is 18.2. The lowest BCUT2D eigenvalue weighted by Crippen LogP contribution is -2.25. The molecule has 4 nitrogen and oxygen atoms in total. The summed E-state index contributed by atoms with van der Waals surface area (Å²) in [6.45, 7) is 10.8. The maximum absolute atomic E-state index is 4.79. The zero-order valence-corrected chi connectivity index (χ0v) is 41.6. The topological polar surface area (TPSA) is 43.6 Å². The van der Waals surface area contributed by atoms with Gasteiger partial charge in [0.25, 0.3) is 0 Å². The summed E-state index contributed by atoms with van der Waals surface area (Å²) in [4.78, 5) is 14.3. The van der Waals surface area contributed by atoms with E-state index in [0.29, 0.717) is 0 Å². The van der Waals surface area contributed by atoms with Crippen LogP contribution < -0.4 is 0 Å². The fourth-order valence-electron chi connectivity index (χ4n) is 10.2. The van der Waals surface area contributed by atoms with Crippen molar-refractivity contribution in [3.8, 4) is 50.5 Å². The fraction of sp³-hybridized carbons (Fsp3) is 0.106. The molecule has 0 spiro atoms. The van der Waals surface area contributed by atoms with Crippen molar-refractivity contribution in [3.05, 3.63) is 247 Å². The first kappa shape index (κ1) is 45.2. The third kappa shape index (κ3) is 8.53. The van der Waals surface area contributed by atoms with Gasteiger partial charge in [0.05, 0.1) is 28.1 Å². The van der Waals surface area contributed by atoms with Gasteiger partial charge in [0.1, 0.15) is 0 Å². The van der Waals surface area contributed by atoms with Crippen LogP contribution in [0.4, 0.5) is 0 Å². The summed E-state index contributed by atoms with van der Waals surface area (Å²) in [6, 6.07) is 63.6. The Morgan fingerprint density at radius 2 is 1.06 bits per heavy atom. The third-order valence-corrected chi connectivity index (χ3v) is 15.3. The molecule has 0 fully saturated rings. The van der Waals surface area contributed by atoms with Gasteiger partial charge in [-0.15, -0.1) is 11.3 Å². The van der Waals surface area contributed by atoms with Crippen molar-refractivity contribution in [2.24, 2.45) is 0 Å². The third-order valence-electron chi connectivity index (χ3n) is 14.1. The summed E-state index contributed by atoms with van der Waals surface area (Å²) in [6.07, 6.45) is 17.4. The molecule has 5 heteroatoms. The normalized spacial score (nSPS) is 14.5. The maximum Gasteiger partial charge on any atom is 0.0708 e. The SMILES string of the molecule is C/C=C\C(C)=C(C)C.CC1(c2ccc3sc4ccc(-n5c6ccc(-c7ccccc7-c7ccccn7)cc6c6cc(-c7ccccc7-c7ccccn7)ccc65)cc4c3c2)CC=CC=C1c1ccccn1. The van der Waals surface area contributed by atoms with Crippen molar-refractivity contribution in [1.82, 2.24) is 19.5 Å². The smallest absolute Gasteiger partial charge is 0.0708 e. The first-order valence-corrected chi connectivity index (χ1v) is 25.2. The van der Waals surface area contributed by atoms with Crippen molar-refractivity contribution in [3.63, 3.8) is 0 Å². The molecule has 5 heterocycles. The van der Waals surface area contributed by atoms with Crippen molar-refractivity contribution >= 4 is 58.9 Å². The molecule has 0 N–H and O–H groups in total. The van der Waals surface area contributed by atoms with Crippen LogP contribution in [0.1, 0.15) is 52.3 Å². The Hall–Kier alpha value is -8.25. The van der Waals surface area contributed by atoms with Gasteiger partial charge in [0, 0.05) is 71.8 Å². The summed E-state index contributed by atoms with van der Waals surface area (Å²) >= 11 is 1.86. The summed E-state index contributed by atoms with van der Waals surface area (Å²) in [5.74, 6) is 0. The predicted molar refractivity (Wildman–Crippen MR) is 303 cm³/mol. The Balaban J connectivity index is 0.000000632. The molecule has 71 heavy (non-hydrogen) atoms. The maximum atomic E-state index is 4.79. The van der Waals surface area contributed by atoms with E-state index in [0.717, 1.165) is 73.6 Å². The number of pyridine rings is 3. The molecule has 1 unspecified atom stereocenters. The van der Waals surface area contributed by atoms with Gasteiger partial charge in [0.2, 0.25) is 0 Å². The van der Waals surface area contributed by atoms with Gasteiger partial charge in [-0.2, -0.15) is 0 Å². The zero-order chi connectivity index (χ0) is 48.5. The molecular formula is C66H54N4S. The average Bonchev–Trinajstić information content (AvgIpc) is 3.96. The van der Waals surface area contributed by atoms with E-state index in [1.165, 1.54) is 53.2 Å². The molecule has 12 rings (SSSR count). The molecule has 0 bridgehead atoms. The number of benzene rings is 6. The molecule has 0 aliphatic heterocycles. The second-order valence-corrected chi connectivity index (χ2v) is 19.8. The number of aromatic nitrogens is 4.